The Bertz CT molecular complexity index is 844. The Balaban J connectivity index is 1.44. The van der Waals surface area contributed by atoms with Crippen LogP contribution in [-0.4, -0.2) is 5.75 Å². The first-order chi connectivity index (χ1) is 12.3. The molecule has 3 aromatic rings. The summed E-state index contributed by atoms with van der Waals surface area (Å²) in [6.45, 7) is 2.68. The van der Waals surface area contributed by atoms with Crippen molar-refractivity contribution in [3.05, 3.63) is 89.5 Å². The molecule has 25 heavy (non-hydrogen) atoms. The van der Waals surface area contributed by atoms with Crippen LogP contribution >= 0.6 is 11.8 Å². The molecule has 0 spiro atoms. The second-order valence-corrected chi connectivity index (χ2v) is 7.27. The van der Waals surface area contributed by atoms with Crippen molar-refractivity contribution < 1.29 is 9.47 Å². The molecule has 0 bridgehead atoms. The monoisotopic (exact) mass is 348 g/mol. The first-order valence-electron chi connectivity index (χ1n) is 8.45. The Labute approximate surface area is 152 Å². The van der Waals surface area contributed by atoms with Crippen LogP contribution in [0, 0.1) is 6.92 Å². The molecule has 0 unspecified atom stereocenters. The Morgan fingerprint density at radius 1 is 1.00 bits per heavy atom. The van der Waals surface area contributed by atoms with Crippen LogP contribution < -0.4 is 9.47 Å². The number of ether oxygens (including phenoxy) is 2. The molecule has 1 aliphatic rings. The second-order valence-electron chi connectivity index (χ2n) is 6.21. The van der Waals surface area contributed by atoms with E-state index in [0.29, 0.717) is 6.61 Å². The predicted molar refractivity (Wildman–Crippen MR) is 102 cm³/mol. The van der Waals surface area contributed by atoms with E-state index >= 15 is 0 Å². The fourth-order valence-electron chi connectivity index (χ4n) is 2.83. The summed E-state index contributed by atoms with van der Waals surface area (Å²) in [6, 6.07) is 24.9. The molecule has 0 radical (unpaired) electrons. The van der Waals surface area contributed by atoms with Crippen molar-refractivity contribution in [2.75, 3.05) is 5.75 Å². The van der Waals surface area contributed by atoms with E-state index in [-0.39, 0.29) is 6.10 Å². The van der Waals surface area contributed by atoms with Crippen molar-refractivity contribution in [2.24, 2.45) is 0 Å². The molecule has 1 heterocycles. The maximum Gasteiger partial charge on any atom is 0.134 e. The highest BCUT2D eigenvalue weighted by Gasteiger charge is 2.22. The van der Waals surface area contributed by atoms with Gasteiger partial charge in [0, 0.05) is 5.75 Å². The maximum absolute atomic E-state index is 6.20. The third kappa shape index (κ3) is 3.83. The standard InChI is InChI=1S/C22H20O2S/c1-16-7-9-18(10-8-16)21-15-25-22-13-19(11-12-20(22)24-21)23-14-17-5-3-2-4-6-17/h2-13,21H,14-15H2,1H3/t21-/m1/s1. The molecular weight excluding hydrogens is 328 g/mol. The fraction of sp³-hybridized carbons (Fsp3) is 0.182. The number of hydrogen-bond donors (Lipinski definition) is 0. The van der Waals surface area contributed by atoms with Crippen LogP contribution in [0.15, 0.2) is 77.7 Å². The number of fused-ring (bicyclic) bond motifs is 1. The second kappa shape index (κ2) is 7.24. The summed E-state index contributed by atoms with van der Waals surface area (Å²) in [5, 5.41) is 0. The molecule has 0 aromatic heterocycles. The normalized spacial score (nSPS) is 16.0. The first kappa shape index (κ1) is 16.1. The van der Waals surface area contributed by atoms with Crippen molar-refractivity contribution in [3.8, 4) is 11.5 Å². The average Bonchev–Trinajstić information content (AvgIpc) is 2.67. The van der Waals surface area contributed by atoms with E-state index in [1.165, 1.54) is 16.7 Å². The Morgan fingerprint density at radius 3 is 2.60 bits per heavy atom. The molecule has 3 heteroatoms. The number of rotatable bonds is 4. The molecule has 3 aromatic carbocycles. The lowest BCUT2D eigenvalue weighted by molar-refractivity contribution is 0.219. The Kier molecular flexibility index (Phi) is 4.66. The molecule has 2 nitrogen and oxygen atoms in total. The highest BCUT2D eigenvalue weighted by Crippen LogP contribution is 2.42. The van der Waals surface area contributed by atoms with Gasteiger partial charge in [-0.05, 0) is 36.2 Å². The zero-order valence-electron chi connectivity index (χ0n) is 14.1. The number of thioether (sulfide) groups is 1. The maximum atomic E-state index is 6.20. The zero-order valence-corrected chi connectivity index (χ0v) is 15.0. The van der Waals surface area contributed by atoms with Gasteiger partial charge in [-0.2, -0.15) is 0 Å². The smallest absolute Gasteiger partial charge is 0.134 e. The van der Waals surface area contributed by atoms with Crippen LogP contribution in [0.25, 0.3) is 0 Å². The van der Waals surface area contributed by atoms with Crippen LogP contribution in [0.2, 0.25) is 0 Å². The summed E-state index contributed by atoms with van der Waals surface area (Å²) >= 11 is 1.83. The van der Waals surface area contributed by atoms with Gasteiger partial charge >= 0.3 is 0 Å². The molecule has 126 valence electrons. The van der Waals surface area contributed by atoms with E-state index < -0.39 is 0 Å². The van der Waals surface area contributed by atoms with Gasteiger partial charge < -0.3 is 9.47 Å². The van der Waals surface area contributed by atoms with Gasteiger partial charge in [0.2, 0.25) is 0 Å². The van der Waals surface area contributed by atoms with Gasteiger partial charge in [0.15, 0.2) is 0 Å². The van der Waals surface area contributed by atoms with Gasteiger partial charge in [0.1, 0.15) is 24.2 Å². The summed E-state index contributed by atoms with van der Waals surface area (Å²) in [4.78, 5) is 1.15. The lowest BCUT2D eigenvalue weighted by Gasteiger charge is -2.26. The van der Waals surface area contributed by atoms with Crippen molar-refractivity contribution >= 4 is 11.8 Å². The zero-order chi connectivity index (χ0) is 17.1. The molecule has 0 N–H and O–H groups in total. The van der Waals surface area contributed by atoms with Gasteiger partial charge in [0.25, 0.3) is 0 Å². The minimum atomic E-state index is 0.106. The van der Waals surface area contributed by atoms with Crippen molar-refractivity contribution in [1.29, 1.82) is 0 Å². The van der Waals surface area contributed by atoms with Crippen LogP contribution in [0.3, 0.4) is 0 Å². The molecular formula is C22H20O2S. The third-order valence-corrected chi connectivity index (χ3v) is 5.37. The topological polar surface area (TPSA) is 18.5 Å². The van der Waals surface area contributed by atoms with Crippen LogP contribution in [-0.2, 0) is 6.61 Å². The average molecular weight is 348 g/mol. The molecule has 1 atom stereocenters. The Hall–Kier alpha value is -2.39. The van der Waals surface area contributed by atoms with E-state index in [1.54, 1.807) is 0 Å². The summed E-state index contributed by atoms with van der Waals surface area (Å²) in [7, 11) is 0. The lowest BCUT2D eigenvalue weighted by atomic mass is 10.1. The van der Waals surface area contributed by atoms with Crippen molar-refractivity contribution in [1.82, 2.24) is 0 Å². The SMILES string of the molecule is Cc1ccc([C@H]2CSc3cc(OCc4ccccc4)ccc3O2)cc1. The summed E-state index contributed by atoms with van der Waals surface area (Å²) in [5.74, 6) is 2.74. The lowest BCUT2D eigenvalue weighted by Crippen LogP contribution is -2.14. The van der Waals surface area contributed by atoms with Gasteiger partial charge in [-0.1, -0.05) is 60.2 Å². The van der Waals surface area contributed by atoms with Gasteiger partial charge in [0.05, 0.1) is 4.90 Å². The van der Waals surface area contributed by atoms with E-state index in [9.17, 15) is 0 Å². The number of benzene rings is 3. The van der Waals surface area contributed by atoms with E-state index in [4.69, 9.17) is 9.47 Å². The van der Waals surface area contributed by atoms with Gasteiger partial charge in [-0.15, -0.1) is 11.8 Å². The highest BCUT2D eigenvalue weighted by atomic mass is 32.2. The first-order valence-corrected chi connectivity index (χ1v) is 9.43. The number of aryl methyl sites for hydroxylation is 1. The largest absolute Gasteiger partial charge is 0.489 e. The Morgan fingerprint density at radius 2 is 1.80 bits per heavy atom. The summed E-state index contributed by atoms with van der Waals surface area (Å²) in [5.41, 5.74) is 3.67. The molecule has 0 amide bonds. The molecule has 1 aliphatic heterocycles. The van der Waals surface area contributed by atoms with E-state index in [0.717, 1.165) is 22.1 Å². The predicted octanol–water partition coefficient (Wildman–Crippen LogP) is 5.80. The molecule has 0 saturated heterocycles. The van der Waals surface area contributed by atoms with Crippen LogP contribution in [0.1, 0.15) is 22.8 Å². The molecule has 0 aliphatic carbocycles. The summed E-state index contributed by atoms with van der Waals surface area (Å²) < 4.78 is 12.1. The fourth-order valence-corrected chi connectivity index (χ4v) is 3.88. The van der Waals surface area contributed by atoms with Crippen LogP contribution in [0.5, 0.6) is 11.5 Å². The molecule has 0 fully saturated rings. The molecule has 4 rings (SSSR count). The van der Waals surface area contributed by atoms with Crippen molar-refractivity contribution in [3.63, 3.8) is 0 Å². The third-order valence-electron chi connectivity index (χ3n) is 4.27. The number of hydrogen-bond acceptors (Lipinski definition) is 3. The van der Waals surface area contributed by atoms with E-state index in [2.05, 4.69) is 49.4 Å². The quantitative estimate of drug-likeness (QED) is 0.594. The van der Waals surface area contributed by atoms with E-state index in [1.807, 2.05) is 42.1 Å². The minimum Gasteiger partial charge on any atom is -0.489 e. The van der Waals surface area contributed by atoms with Gasteiger partial charge in [-0.25, -0.2) is 0 Å². The highest BCUT2D eigenvalue weighted by molar-refractivity contribution is 7.99. The van der Waals surface area contributed by atoms with Gasteiger partial charge in [-0.3, -0.25) is 0 Å². The summed E-state index contributed by atoms with van der Waals surface area (Å²) in [6.07, 6.45) is 0.106. The molecule has 0 saturated carbocycles. The minimum absolute atomic E-state index is 0.106. The van der Waals surface area contributed by atoms with Crippen molar-refractivity contribution in [2.45, 2.75) is 24.5 Å². The van der Waals surface area contributed by atoms with Crippen LogP contribution in [0.4, 0.5) is 0 Å².